The molecule has 0 saturated heterocycles. The summed E-state index contributed by atoms with van der Waals surface area (Å²) in [4.78, 5) is 16.7. The Labute approximate surface area is 117 Å². The third-order valence-corrected chi connectivity index (χ3v) is 2.69. The van der Waals surface area contributed by atoms with Crippen LogP contribution in [0.1, 0.15) is 36.3 Å². The first kappa shape index (κ1) is 14.0. The number of nitrogens with one attached hydrogen (secondary N) is 2. The zero-order valence-electron chi connectivity index (χ0n) is 11.6. The van der Waals surface area contributed by atoms with Crippen LogP contribution >= 0.6 is 0 Å². The Hall–Kier alpha value is -2.37. The average molecular weight is 274 g/mol. The van der Waals surface area contributed by atoms with Crippen LogP contribution in [0.4, 0.5) is 11.5 Å². The molecule has 0 spiro atoms. The third-order valence-electron chi connectivity index (χ3n) is 2.69. The van der Waals surface area contributed by atoms with Gasteiger partial charge in [-0.15, -0.1) is 0 Å². The molecule has 6 nitrogen and oxygen atoms in total. The van der Waals surface area contributed by atoms with Crippen LogP contribution < -0.4 is 10.6 Å². The summed E-state index contributed by atoms with van der Waals surface area (Å²) in [6.45, 7) is 4.83. The van der Waals surface area contributed by atoms with Gasteiger partial charge in [0.2, 0.25) is 0 Å². The molecular weight excluding hydrogens is 256 g/mol. The second kappa shape index (κ2) is 6.70. The van der Waals surface area contributed by atoms with Gasteiger partial charge in [0.05, 0.1) is 6.20 Å². The molecule has 2 aromatic heterocycles. The van der Waals surface area contributed by atoms with Crippen molar-refractivity contribution in [3.05, 3.63) is 35.9 Å². The fourth-order valence-corrected chi connectivity index (χ4v) is 1.84. The van der Waals surface area contributed by atoms with Crippen molar-refractivity contribution in [1.82, 2.24) is 10.1 Å². The highest BCUT2D eigenvalue weighted by atomic mass is 16.5. The van der Waals surface area contributed by atoms with E-state index in [-0.39, 0.29) is 5.91 Å². The summed E-state index contributed by atoms with van der Waals surface area (Å²) in [7, 11) is 0. The van der Waals surface area contributed by atoms with Crippen molar-refractivity contribution in [3.63, 3.8) is 0 Å². The Balaban J connectivity index is 2.22. The number of carbonyl (C=O) groups is 1. The largest absolute Gasteiger partial charge is 0.370 e. The van der Waals surface area contributed by atoms with Crippen molar-refractivity contribution in [3.8, 4) is 0 Å². The van der Waals surface area contributed by atoms with E-state index >= 15 is 0 Å². The molecule has 2 N–H and O–H groups in total. The maximum atomic E-state index is 12.2. The minimum absolute atomic E-state index is 0.202. The number of carbonyl (C=O) groups excluding carboxylic acids is 1. The van der Waals surface area contributed by atoms with E-state index < -0.39 is 0 Å². The number of pyridine rings is 1. The van der Waals surface area contributed by atoms with Crippen LogP contribution in [0.15, 0.2) is 29.1 Å². The van der Waals surface area contributed by atoms with Crippen molar-refractivity contribution < 1.29 is 9.32 Å². The predicted octanol–water partition coefficient (Wildman–Crippen LogP) is 2.71. The van der Waals surface area contributed by atoms with Gasteiger partial charge in [0.1, 0.15) is 17.8 Å². The van der Waals surface area contributed by atoms with Crippen LogP contribution in [0, 0.1) is 0 Å². The molecule has 0 aliphatic carbocycles. The molecule has 2 heterocycles. The molecular formula is C14H18N4O2. The van der Waals surface area contributed by atoms with Gasteiger partial charge >= 0.3 is 0 Å². The number of aryl methyl sites for hydroxylation is 1. The molecule has 1 amide bonds. The Morgan fingerprint density at radius 2 is 2.20 bits per heavy atom. The molecule has 2 aromatic rings. The first-order chi connectivity index (χ1) is 9.72. The SMILES string of the molecule is CCCc1cc(C(=O)Nc2cnoc2)cc(NCC)n1. The Morgan fingerprint density at radius 1 is 1.35 bits per heavy atom. The van der Waals surface area contributed by atoms with Gasteiger partial charge in [-0.3, -0.25) is 4.79 Å². The van der Waals surface area contributed by atoms with Gasteiger partial charge in [0.15, 0.2) is 0 Å². The van der Waals surface area contributed by atoms with Crippen LogP contribution in [0.2, 0.25) is 0 Å². The van der Waals surface area contributed by atoms with E-state index in [1.54, 1.807) is 6.07 Å². The van der Waals surface area contributed by atoms with E-state index in [0.29, 0.717) is 17.1 Å². The van der Waals surface area contributed by atoms with E-state index in [1.165, 1.54) is 12.5 Å². The molecule has 0 fully saturated rings. The van der Waals surface area contributed by atoms with E-state index in [1.807, 2.05) is 13.0 Å². The molecule has 0 atom stereocenters. The summed E-state index contributed by atoms with van der Waals surface area (Å²) in [5.74, 6) is 0.515. The molecule has 0 aliphatic heterocycles. The zero-order chi connectivity index (χ0) is 14.4. The first-order valence-electron chi connectivity index (χ1n) is 6.68. The maximum Gasteiger partial charge on any atom is 0.255 e. The lowest BCUT2D eigenvalue weighted by Crippen LogP contribution is -2.13. The van der Waals surface area contributed by atoms with Crippen molar-refractivity contribution in [1.29, 1.82) is 0 Å². The van der Waals surface area contributed by atoms with Gasteiger partial charge in [-0.05, 0) is 25.5 Å². The monoisotopic (exact) mass is 274 g/mol. The summed E-state index contributed by atoms with van der Waals surface area (Å²) in [5.41, 5.74) is 2.01. The average Bonchev–Trinajstić information content (AvgIpc) is 2.92. The minimum Gasteiger partial charge on any atom is -0.370 e. The lowest BCUT2D eigenvalue weighted by atomic mass is 10.1. The fourth-order valence-electron chi connectivity index (χ4n) is 1.84. The van der Waals surface area contributed by atoms with Crippen LogP contribution in [0.5, 0.6) is 0 Å². The second-order valence-electron chi connectivity index (χ2n) is 4.38. The van der Waals surface area contributed by atoms with E-state index in [9.17, 15) is 4.79 Å². The Kier molecular flexibility index (Phi) is 4.70. The number of aromatic nitrogens is 2. The number of hydrogen-bond donors (Lipinski definition) is 2. The van der Waals surface area contributed by atoms with Crippen LogP contribution in [0.25, 0.3) is 0 Å². The smallest absolute Gasteiger partial charge is 0.255 e. The molecule has 0 aromatic carbocycles. The second-order valence-corrected chi connectivity index (χ2v) is 4.38. The lowest BCUT2D eigenvalue weighted by Gasteiger charge is -2.09. The minimum atomic E-state index is -0.202. The molecule has 0 unspecified atom stereocenters. The highest BCUT2D eigenvalue weighted by Gasteiger charge is 2.11. The number of hydrogen-bond acceptors (Lipinski definition) is 5. The summed E-state index contributed by atoms with van der Waals surface area (Å²) in [6.07, 6.45) is 4.66. The van der Waals surface area contributed by atoms with Gasteiger partial charge in [-0.2, -0.15) is 0 Å². The zero-order valence-corrected chi connectivity index (χ0v) is 11.6. The lowest BCUT2D eigenvalue weighted by molar-refractivity contribution is 0.102. The molecule has 0 aliphatic rings. The maximum absolute atomic E-state index is 12.2. The van der Waals surface area contributed by atoms with Crippen LogP contribution in [-0.4, -0.2) is 22.6 Å². The number of rotatable bonds is 6. The van der Waals surface area contributed by atoms with E-state index in [2.05, 4.69) is 32.2 Å². The van der Waals surface area contributed by atoms with Crippen molar-refractivity contribution in [2.75, 3.05) is 17.2 Å². The number of nitrogens with zero attached hydrogens (tertiary/aromatic N) is 2. The van der Waals surface area contributed by atoms with Gasteiger partial charge < -0.3 is 15.2 Å². The number of amides is 1. The van der Waals surface area contributed by atoms with Crippen LogP contribution in [-0.2, 0) is 6.42 Å². The standard InChI is InChI=1S/C14H18N4O2/c1-3-5-11-6-10(7-13(17-11)15-4-2)14(19)18-12-8-16-20-9-12/h6-9H,3-5H2,1-2H3,(H,15,17)(H,18,19). The first-order valence-corrected chi connectivity index (χ1v) is 6.68. The predicted molar refractivity (Wildman–Crippen MR) is 76.9 cm³/mol. The van der Waals surface area contributed by atoms with Gasteiger partial charge in [-0.1, -0.05) is 18.5 Å². The van der Waals surface area contributed by atoms with Gasteiger partial charge in [0, 0.05) is 17.8 Å². The molecule has 0 saturated carbocycles. The van der Waals surface area contributed by atoms with E-state index in [0.717, 1.165) is 25.1 Å². The number of anilines is 2. The summed E-state index contributed by atoms with van der Waals surface area (Å²) in [5, 5.41) is 9.41. The van der Waals surface area contributed by atoms with Crippen molar-refractivity contribution in [2.45, 2.75) is 26.7 Å². The Bertz CT molecular complexity index is 542. The Morgan fingerprint density at radius 3 is 2.85 bits per heavy atom. The van der Waals surface area contributed by atoms with Crippen molar-refractivity contribution >= 4 is 17.4 Å². The fraction of sp³-hybridized carbons (Fsp3) is 0.357. The molecule has 2 rings (SSSR count). The van der Waals surface area contributed by atoms with Crippen LogP contribution in [0.3, 0.4) is 0 Å². The molecule has 106 valence electrons. The highest BCUT2D eigenvalue weighted by Crippen LogP contribution is 2.14. The van der Waals surface area contributed by atoms with E-state index in [4.69, 9.17) is 0 Å². The van der Waals surface area contributed by atoms with Gasteiger partial charge in [-0.25, -0.2) is 4.98 Å². The van der Waals surface area contributed by atoms with Crippen molar-refractivity contribution in [2.24, 2.45) is 0 Å². The third kappa shape index (κ3) is 3.57. The molecule has 20 heavy (non-hydrogen) atoms. The summed E-state index contributed by atoms with van der Waals surface area (Å²) in [6, 6.07) is 3.55. The molecule has 6 heteroatoms. The topological polar surface area (TPSA) is 80.0 Å². The normalized spacial score (nSPS) is 10.3. The highest BCUT2D eigenvalue weighted by molar-refractivity contribution is 6.04. The van der Waals surface area contributed by atoms with Gasteiger partial charge in [0.25, 0.3) is 5.91 Å². The summed E-state index contributed by atoms with van der Waals surface area (Å²) < 4.78 is 4.69. The molecule has 0 radical (unpaired) electrons. The summed E-state index contributed by atoms with van der Waals surface area (Å²) >= 11 is 0. The quantitative estimate of drug-likeness (QED) is 0.846. The molecule has 0 bridgehead atoms.